The molecule has 0 radical (unpaired) electrons. The summed E-state index contributed by atoms with van der Waals surface area (Å²) in [6, 6.07) is 8.70. The van der Waals surface area contributed by atoms with Gasteiger partial charge in [0.15, 0.2) is 0 Å². The lowest BCUT2D eigenvalue weighted by Crippen LogP contribution is -2.41. The quantitative estimate of drug-likeness (QED) is 0.141. The van der Waals surface area contributed by atoms with Crippen molar-refractivity contribution in [1.82, 2.24) is 5.32 Å². The maximum absolute atomic E-state index is 13.4. The normalized spacial score (nSPS) is 13.8. The van der Waals surface area contributed by atoms with Crippen molar-refractivity contribution in [3.63, 3.8) is 0 Å². The smallest absolute Gasteiger partial charge is 0.227 e. The van der Waals surface area contributed by atoms with Crippen LogP contribution in [0.4, 0.5) is 5.69 Å². The number of hydrogen-bond acceptors (Lipinski definition) is 2. The molecule has 2 atom stereocenters. The van der Waals surface area contributed by atoms with E-state index in [0.717, 1.165) is 67.6 Å². The molecule has 1 N–H and O–H groups in total. The number of aryl methyl sites for hydroxylation is 1. The highest BCUT2D eigenvalue weighted by atomic mass is 32.1. The molecule has 1 rings (SSSR count). The molecule has 3 nitrogen and oxygen atoms in total. The third-order valence-electron chi connectivity index (χ3n) is 6.40. The highest BCUT2D eigenvalue weighted by Gasteiger charge is 2.25. The first-order valence-electron chi connectivity index (χ1n) is 13.5. The Morgan fingerprint density at radius 1 is 1.03 bits per heavy atom. The van der Waals surface area contributed by atoms with Gasteiger partial charge in [0.05, 0.1) is 4.99 Å². The molecule has 0 heterocycles. The van der Waals surface area contributed by atoms with Crippen molar-refractivity contribution in [1.29, 1.82) is 0 Å². The van der Waals surface area contributed by atoms with Crippen LogP contribution >= 0.6 is 12.2 Å². The van der Waals surface area contributed by atoms with Crippen molar-refractivity contribution in [2.24, 2.45) is 0 Å². The van der Waals surface area contributed by atoms with E-state index in [1.54, 1.807) is 0 Å². The van der Waals surface area contributed by atoms with E-state index in [9.17, 15) is 4.79 Å². The third-order valence-corrected chi connectivity index (χ3v) is 6.72. The fourth-order valence-corrected chi connectivity index (χ4v) is 4.52. The van der Waals surface area contributed by atoms with Crippen LogP contribution in [0, 0.1) is 6.92 Å². The van der Waals surface area contributed by atoms with Crippen LogP contribution in [0.5, 0.6) is 0 Å². The van der Waals surface area contributed by atoms with Crippen LogP contribution in [0.1, 0.15) is 98.0 Å². The Labute approximate surface area is 220 Å². The molecule has 0 aliphatic rings. The zero-order valence-corrected chi connectivity index (χ0v) is 23.8. The predicted octanol–water partition coefficient (Wildman–Crippen LogP) is 8.63. The highest BCUT2D eigenvalue weighted by molar-refractivity contribution is 7.80. The van der Waals surface area contributed by atoms with Gasteiger partial charge in [-0.2, -0.15) is 0 Å². The van der Waals surface area contributed by atoms with Gasteiger partial charge < -0.3 is 10.2 Å². The van der Waals surface area contributed by atoms with Gasteiger partial charge in [-0.25, -0.2) is 0 Å². The number of nitrogens with one attached hydrogen (secondary N) is 1. The molecule has 194 valence electrons. The van der Waals surface area contributed by atoms with E-state index < -0.39 is 0 Å². The van der Waals surface area contributed by atoms with E-state index in [4.69, 9.17) is 12.2 Å². The number of anilines is 1. The number of carbonyl (C=O) groups is 1. The number of hydrogen-bond donors (Lipinski definition) is 1. The molecule has 1 aromatic rings. The van der Waals surface area contributed by atoms with Gasteiger partial charge in [0.25, 0.3) is 0 Å². The second-order valence-corrected chi connectivity index (χ2v) is 9.95. The van der Waals surface area contributed by atoms with Gasteiger partial charge in [0.2, 0.25) is 5.91 Å². The molecule has 0 saturated carbocycles. The minimum atomic E-state index is 0.202. The van der Waals surface area contributed by atoms with E-state index in [1.165, 1.54) is 5.57 Å². The average molecular weight is 497 g/mol. The molecule has 0 aliphatic heterocycles. The van der Waals surface area contributed by atoms with Gasteiger partial charge in [-0.15, -0.1) is 0 Å². The molecular weight excluding hydrogens is 448 g/mol. The minimum absolute atomic E-state index is 0.202. The molecule has 1 amide bonds. The summed E-state index contributed by atoms with van der Waals surface area (Å²) in [4.78, 5) is 16.4. The number of amides is 1. The predicted molar refractivity (Wildman–Crippen MR) is 158 cm³/mol. The Morgan fingerprint density at radius 2 is 1.77 bits per heavy atom. The summed E-state index contributed by atoms with van der Waals surface area (Å²) in [5, 5.41) is 3.48. The van der Waals surface area contributed by atoms with Crippen molar-refractivity contribution >= 4 is 28.8 Å². The molecule has 1 aromatic carbocycles. The van der Waals surface area contributed by atoms with Crippen LogP contribution in [-0.2, 0) is 4.79 Å². The van der Waals surface area contributed by atoms with Crippen molar-refractivity contribution in [2.45, 2.75) is 111 Å². The number of thiocarbonyl (C=S) groups is 1. The molecule has 0 bridgehead atoms. The summed E-state index contributed by atoms with van der Waals surface area (Å²) in [5.41, 5.74) is 3.48. The number of rotatable bonds is 16. The number of para-hydroxylation sites is 1. The molecular formula is C31H48N2OS. The summed E-state index contributed by atoms with van der Waals surface area (Å²) in [6.45, 7) is 12.8. The van der Waals surface area contributed by atoms with Crippen molar-refractivity contribution in [3.05, 3.63) is 65.8 Å². The molecule has 35 heavy (non-hydrogen) atoms. The summed E-state index contributed by atoms with van der Waals surface area (Å²) in [5.74, 6) is 0.257. The molecule has 0 saturated heterocycles. The largest absolute Gasteiger partial charge is 0.373 e. The van der Waals surface area contributed by atoms with Gasteiger partial charge in [-0.3, -0.25) is 4.79 Å². The van der Waals surface area contributed by atoms with Crippen LogP contribution in [-0.4, -0.2) is 23.0 Å². The first-order valence-corrected chi connectivity index (χ1v) is 13.9. The van der Waals surface area contributed by atoms with Gasteiger partial charge in [0.1, 0.15) is 0 Å². The maximum atomic E-state index is 13.4. The first kappa shape index (κ1) is 30.8. The SMILES string of the molecule is C\C=C/C=C\C=C(/C)C(C)NC(=S)CCCC(CCC)N(C(=O)CCCCC)c1ccccc1C. The topological polar surface area (TPSA) is 32.3 Å². The molecule has 0 fully saturated rings. The van der Waals surface area contributed by atoms with Crippen molar-refractivity contribution in [2.75, 3.05) is 4.90 Å². The monoisotopic (exact) mass is 496 g/mol. The maximum Gasteiger partial charge on any atom is 0.227 e. The van der Waals surface area contributed by atoms with E-state index in [1.807, 2.05) is 37.3 Å². The lowest BCUT2D eigenvalue weighted by atomic mass is 9.99. The number of nitrogens with zero attached hydrogens (tertiary/aromatic N) is 1. The van der Waals surface area contributed by atoms with E-state index in [0.29, 0.717) is 6.42 Å². The van der Waals surface area contributed by atoms with Crippen LogP contribution in [0.15, 0.2) is 60.2 Å². The fourth-order valence-electron chi connectivity index (χ4n) is 4.20. The lowest BCUT2D eigenvalue weighted by Gasteiger charge is -2.33. The van der Waals surface area contributed by atoms with Crippen LogP contribution in [0.25, 0.3) is 0 Å². The van der Waals surface area contributed by atoms with Crippen molar-refractivity contribution < 1.29 is 4.79 Å². The summed E-state index contributed by atoms with van der Waals surface area (Å²) >= 11 is 5.67. The second kappa shape index (κ2) is 18.1. The molecule has 0 aliphatic carbocycles. The Bertz CT molecular complexity index is 855. The van der Waals surface area contributed by atoms with Crippen LogP contribution < -0.4 is 10.2 Å². The Balaban J connectivity index is 2.83. The van der Waals surface area contributed by atoms with E-state index >= 15 is 0 Å². The molecule has 4 heteroatoms. The molecule has 2 unspecified atom stereocenters. The van der Waals surface area contributed by atoms with Gasteiger partial charge >= 0.3 is 0 Å². The van der Waals surface area contributed by atoms with Gasteiger partial charge in [0, 0.05) is 24.2 Å². The number of unbranched alkanes of at least 4 members (excludes halogenated alkanes) is 2. The van der Waals surface area contributed by atoms with E-state index in [2.05, 4.69) is 69.1 Å². The van der Waals surface area contributed by atoms with Gasteiger partial charge in [-0.1, -0.05) is 99.5 Å². The van der Waals surface area contributed by atoms with Crippen LogP contribution in [0.2, 0.25) is 0 Å². The Kier molecular flexibility index (Phi) is 16.0. The van der Waals surface area contributed by atoms with Crippen LogP contribution in [0.3, 0.4) is 0 Å². The standard InChI is InChI=1S/C31H48N2OS/c1-7-10-12-14-19-25(4)27(6)32-30(35)23-17-21-28(18-9-3)33(31(34)24-13-11-8-2)29-22-16-15-20-26(29)5/h7,10,12,14-16,19-20,22,27-28H,8-9,11,13,17-18,21,23-24H2,1-6H3,(H,32,35)/b10-7-,14-12-,25-19+. The summed E-state index contributed by atoms with van der Waals surface area (Å²) in [7, 11) is 0. The molecule has 0 spiro atoms. The van der Waals surface area contributed by atoms with E-state index in [-0.39, 0.29) is 18.0 Å². The number of allylic oxidation sites excluding steroid dienone is 5. The minimum Gasteiger partial charge on any atom is -0.373 e. The Morgan fingerprint density at radius 3 is 2.43 bits per heavy atom. The zero-order chi connectivity index (χ0) is 26.1. The second-order valence-electron chi connectivity index (χ2n) is 9.45. The average Bonchev–Trinajstić information content (AvgIpc) is 2.83. The summed E-state index contributed by atoms with van der Waals surface area (Å²) in [6.07, 6.45) is 18.9. The first-order chi connectivity index (χ1) is 16.8. The summed E-state index contributed by atoms with van der Waals surface area (Å²) < 4.78 is 0. The lowest BCUT2D eigenvalue weighted by molar-refractivity contribution is -0.119. The highest BCUT2D eigenvalue weighted by Crippen LogP contribution is 2.27. The Hall–Kier alpha value is -2.20. The number of benzene rings is 1. The zero-order valence-electron chi connectivity index (χ0n) is 23.0. The number of carbonyl (C=O) groups excluding carboxylic acids is 1. The molecule has 0 aromatic heterocycles. The van der Waals surface area contributed by atoms with Crippen molar-refractivity contribution in [3.8, 4) is 0 Å². The fraction of sp³-hybridized carbons (Fsp3) is 0.548. The van der Waals surface area contributed by atoms with Gasteiger partial charge in [-0.05, 0) is 71.4 Å². The third kappa shape index (κ3) is 11.9.